The number of aromatic nitrogens is 2. The topological polar surface area (TPSA) is 96.1 Å². The van der Waals surface area contributed by atoms with Gasteiger partial charge in [-0.3, -0.25) is 5.43 Å². The van der Waals surface area contributed by atoms with E-state index in [0.29, 0.717) is 12.5 Å². The number of anilines is 2. The van der Waals surface area contributed by atoms with Gasteiger partial charge in [0, 0.05) is 17.3 Å². The fourth-order valence-corrected chi connectivity index (χ4v) is 3.06. The summed E-state index contributed by atoms with van der Waals surface area (Å²) in [6.07, 6.45) is 4.48. The number of nitrogens with one attached hydrogen (secondary N) is 2. The van der Waals surface area contributed by atoms with Crippen LogP contribution in [-0.2, 0) is 0 Å². The van der Waals surface area contributed by atoms with E-state index in [4.69, 9.17) is 5.84 Å². The lowest BCUT2D eigenvalue weighted by Crippen LogP contribution is -2.31. The van der Waals surface area contributed by atoms with Crippen molar-refractivity contribution < 1.29 is 5.11 Å². The number of fused-ring (bicyclic) bond motifs is 1. The molecule has 1 aromatic heterocycles. The Kier molecular flexibility index (Phi) is 3.90. The van der Waals surface area contributed by atoms with Gasteiger partial charge in [0.1, 0.15) is 5.82 Å². The number of nitrogen functional groups attached to an aromatic ring is 1. The van der Waals surface area contributed by atoms with Crippen LogP contribution in [0.2, 0.25) is 0 Å². The Hall–Kier alpha value is -1.92. The van der Waals surface area contributed by atoms with E-state index in [1.54, 1.807) is 0 Å². The van der Waals surface area contributed by atoms with Crippen molar-refractivity contribution >= 4 is 22.7 Å². The van der Waals surface area contributed by atoms with Crippen LogP contribution in [0.3, 0.4) is 0 Å². The number of aliphatic hydroxyl groups is 1. The van der Waals surface area contributed by atoms with Crippen molar-refractivity contribution in [3.8, 4) is 0 Å². The third-order valence-corrected chi connectivity index (χ3v) is 4.36. The first-order valence-electron chi connectivity index (χ1n) is 7.34. The van der Waals surface area contributed by atoms with Crippen molar-refractivity contribution in [2.24, 2.45) is 11.3 Å². The Balaban J connectivity index is 1.89. The fraction of sp³-hybridized carbons (Fsp3) is 0.467. The second-order valence-corrected chi connectivity index (χ2v) is 5.78. The lowest BCUT2D eigenvalue weighted by molar-refractivity contribution is 0.142. The number of nitrogens with zero attached hydrogens (tertiary/aromatic N) is 2. The minimum absolute atomic E-state index is 0.0254. The molecule has 3 rings (SSSR count). The number of hydrazine groups is 1. The van der Waals surface area contributed by atoms with Gasteiger partial charge in [0.05, 0.1) is 12.1 Å². The van der Waals surface area contributed by atoms with Crippen LogP contribution >= 0.6 is 0 Å². The lowest BCUT2D eigenvalue weighted by Gasteiger charge is -2.27. The van der Waals surface area contributed by atoms with Gasteiger partial charge in [-0.15, -0.1) is 0 Å². The van der Waals surface area contributed by atoms with Gasteiger partial charge in [0.2, 0.25) is 5.95 Å². The van der Waals surface area contributed by atoms with E-state index in [9.17, 15) is 5.11 Å². The number of nitrogens with two attached hydrogens (primary N) is 1. The van der Waals surface area contributed by atoms with E-state index in [0.717, 1.165) is 29.6 Å². The second-order valence-electron chi connectivity index (χ2n) is 5.78. The zero-order chi connectivity index (χ0) is 14.7. The van der Waals surface area contributed by atoms with Gasteiger partial charge >= 0.3 is 0 Å². The van der Waals surface area contributed by atoms with Crippen LogP contribution in [0.4, 0.5) is 11.8 Å². The molecule has 1 aliphatic carbocycles. The molecule has 0 saturated heterocycles. The molecule has 0 spiro atoms. The average Bonchev–Trinajstić information content (AvgIpc) is 3.02. The van der Waals surface area contributed by atoms with Crippen LogP contribution in [0.25, 0.3) is 10.9 Å². The van der Waals surface area contributed by atoms with Gasteiger partial charge in [-0.2, -0.15) is 4.98 Å². The molecule has 1 aromatic carbocycles. The van der Waals surface area contributed by atoms with Crippen LogP contribution in [0.5, 0.6) is 0 Å². The highest BCUT2D eigenvalue weighted by molar-refractivity contribution is 5.89. The van der Waals surface area contributed by atoms with Crippen molar-refractivity contribution in [3.63, 3.8) is 0 Å². The smallest absolute Gasteiger partial charge is 0.239 e. The molecule has 6 nitrogen and oxygen atoms in total. The molecule has 1 heterocycles. The molecule has 21 heavy (non-hydrogen) atoms. The maximum absolute atomic E-state index is 9.70. The first-order chi connectivity index (χ1) is 10.3. The van der Waals surface area contributed by atoms with Crippen molar-refractivity contribution in [1.29, 1.82) is 0 Å². The van der Waals surface area contributed by atoms with Crippen LogP contribution in [-0.4, -0.2) is 28.2 Å². The van der Waals surface area contributed by atoms with E-state index in [-0.39, 0.29) is 12.0 Å². The largest absolute Gasteiger partial charge is 0.396 e. The molecule has 2 aromatic rings. The van der Waals surface area contributed by atoms with Crippen LogP contribution < -0.4 is 16.6 Å². The number of rotatable bonds is 5. The van der Waals surface area contributed by atoms with Crippen LogP contribution in [0.1, 0.15) is 25.7 Å². The van der Waals surface area contributed by atoms with E-state index in [1.165, 1.54) is 12.8 Å². The normalized spacial score (nSPS) is 17.0. The van der Waals surface area contributed by atoms with Crippen molar-refractivity contribution in [3.05, 3.63) is 24.3 Å². The van der Waals surface area contributed by atoms with E-state index >= 15 is 0 Å². The molecular weight excluding hydrogens is 266 g/mol. The Morgan fingerprint density at radius 2 is 1.95 bits per heavy atom. The first kappa shape index (κ1) is 14.0. The van der Waals surface area contributed by atoms with Gasteiger partial charge in [-0.05, 0) is 25.0 Å². The average molecular weight is 287 g/mol. The minimum Gasteiger partial charge on any atom is -0.396 e. The third-order valence-electron chi connectivity index (χ3n) is 4.36. The maximum atomic E-state index is 9.70. The van der Waals surface area contributed by atoms with E-state index in [2.05, 4.69) is 20.7 Å². The molecule has 1 fully saturated rings. The van der Waals surface area contributed by atoms with E-state index in [1.807, 2.05) is 24.3 Å². The minimum atomic E-state index is -0.0254. The van der Waals surface area contributed by atoms with Gasteiger partial charge in [-0.1, -0.05) is 25.0 Å². The number of hydrogen-bond donors (Lipinski definition) is 4. The lowest BCUT2D eigenvalue weighted by atomic mass is 9.87. The first-order valence-corrected chi connectivity index (χ1v) is 7.34. The fourth-order valence-electron chi connectivity index (χ4n) is 3.06. The third kappa shape index (κ3) is 2.77. The Labute approximate surface area is 123 Å². The van der Waals surface area contributed by atoms with Crippen molar-refractivity contribution in [2.75, 3.05) is 23.9 Å². The molecule has 1 aliphatic rings. The summed E-state index contributed by atoms with van der Waals surface area (Å²) in [4.78, 5) is 8.74. The van der Waals surface area contributed by atoms with Crippen LogP contribution in [0.15, 0.2) is 24.3 Å². The number of benzene rings is 1. The maximum Gasteiger partial charge on any atom is 0.239 e. The highest BCUT2D eigenvalue weighted by Gasteiger charge is 2.33. The van der Waals surface area contributed by atoms with Crippen molar-refractivity contribution in [1.82, 2.24) is 9.97 Å². The molecule has 0 bridgehead atoms. The summed E-state index contributed by atoms with van der Waals surface area (Å²) < 4.78 is 0. The Bertz CT molecular complexity index is 624. The summed E-state index contributed by atoms with van der Waals surface area (Å²) in [5, 5.41) is 14.1. The summed E-state index contributed by atoms with van der Waals surface area (Å²) >= 11 is 0. The predicted octanol–water partition coefficient (Wildman–Crippen LogP) is 1.88. The Morgan fingerprint density at radius 3 is 2.67 bits per heavy atom. The van der Waals surface area contributed by atoms with Crippen molar-refractivity contribution in [2.45, 2.75) is 25.7 Å². The molecule has 0 unspecified atom stereocenters. The zero-order valence-corrected chi connectivity index (χ0v) is 12.0. The van der Waals surface area contributed by atoms with Gasteiger partial charge < -0.3 is 10.4 Å². The summed E-state index contributed by atoms with van der Waals surface area (Å²) in [5.74, 6) is 6.58. The standard InChI is InChI=1S/C15H21N5O/c16-20-14-18-12-6-2-1-5-11(12)13(19-14)17-9-15(10-21)7-3-4-8-15/h1-2,5-6,21H,3-4,7-10,16H2,(H2,17,18,19,20). The van der Waals surface area contributed by atoms with Gasteiger partial charge in [0.25, 0.3) is 0 Å². The Morgan fingerprint density at radius 1 is 1.19 bits per heavy atom. The molecule has 0 aliphatic heterocycles. The molecule has 112 valence electrons. The van der Waals surface area contributed by atoms with E-state index < -0.39 is 0 Å². The molecule has 1 saturated carbocycles. The highest BCUT2D eigenvalue weighted by Crippen LogP contribution is 2.38. The zero-order valence-electron chi connectivity index (χ0n) is 12.0. The molecular formula is C15H21N5O. The monoisotopic (exact) mass is 287 g/mol. The SMILES string of the molecule is NNc1nc(NCC2(CO)CCCC2)c2ccccc2n1. The summed E-state index contributed by atoms with van der Waals surface area (Å²) in [5.41, 5.74) is 3.31. The van der Waals surface area contributed by atoms with Crippen LogP contribution in [0, 0.1) is 5.41 Å². The predicted molar refractivity (Wildman–Crippen MR) is 83.8 cm³/mol. The summed E-state index contributed by atoms with van der Waals surface area (Å²) in [6, 6.07) is 7.81. The second kappa shape index (κ2) is 5.83. The number of para-hydroxylation sites is 1. The summed E-state index contributed by atoms with van der Waals surface area (Å²) in [7, 11) is 0. The molecule has 5 N–H and O–H groups in total. The van der Waals surface area contributed by atoms with Gasteiger partial charge in [-0.25, -0.2) is 10.8 Å². The molecule has 6 heteroatoms. The highest BCUT2D eigenvalue weighted by atomic mass is 16.3. The number of aliphatic hydroxyl groups excluding tert-OH is 1. The quantitative estimate of drug-likeness (QED) is 0.495. The summed E-state index contributed by atoms with van der Waals surface area (Å²) in [6.45, 7) is 0.930. The molecule has 0 radical (unpaired) electrons. The molecule has 0 atom stereocenters. The molecule has 0 amide bonds. The van der Waals surface area contributed by atoms with Gasteiger partial charge in [0.15, 0.2) is 0 Å². The number of hydrogen-bond acceptors (Lipinski definition) is 6.